The number of carboxylic acids is 1. The van der Waals surface area contributed by atoms with Crippen molar-refractivity contribution in [3.63, 3.8) is 0 Å². The van der Waals surface area contributed by atoms with E-state index < -0.39 is 28.7 Å². The molecule has 7 nitrogen and oxygen atoms in total. The van der Waals surface area contributed by atoms with Gasteiger partial charge < -0.3 is 25.2 Å². The largest absolute Gasteiger partial charge is 0.481 e. The summed E-state index contributed by atoms with van der Waals surface area (Å²) in [6.07, 6.45) is -0.523. The molecule has 0 aromatic rings. The number of hydrogen-bond acceptors (Lipinski definition) is 5. The van der Waals surface area contributed by atoms with E-state index in [0.717, 1.165) is 0 Å². The Morgan fingerprint density at radius 2 is 1.79 bits per heavy atom. The third-order valence-electron chi connectivity index (χ3n) is 3.71. The Hall–Kier alpha value is -1.34. The molecule has 0 aromatic heterocycles. The summed E-state index contributed by atoms with van der Waals surface area (Å²) in [7, 11) is 0. The quantitative estimate of drug-likeness (QED) is 0.635. The van der Waals surface area contributed by atoms with Crippen LogP contribution in [-0.2, 0) is 9.53 Å². The molecule has 2 rings (SSSR count). The van der Waals surface area contributed by atoms with Gasteiger partial charge in [-0.2, -0.15) is 0 Å². The van der Waals surface area contributed by atoms with Gasteiger partial charge in [0.15, 0.2) is 0 Å². The highest BCUT2D eigenvalue weighted by atomic mass is 16.6. The van der Waals surface area contributed by atoms with E-state index in [2.05, 4.69) is 5.32 Å². The van der Waals surface area contributed by atoms with Crippen molar-refractivity contribution in [3.05, 3.63) is 0 Å². The minimum Gasteiger partial charge on any atom is -0.481 e. The van der Waals surface area contributed by atoms with Gasteiger partial charge in [0.05, 0.1) is 13.1 Å². The number of carbonyl (C=O) groups is 2. The smallest absolute Gasteiger partial charge is 0.410 e. The van der Waals surface area contributed by atoms with Gasteiger partial charge in [-0.1, -0.05) is 0 Å². The molecule has 19 heavy (non-hydrogen) atoms. The summed E-state index contributed by atoms with van der Waals surface area (Å²) < 4.78 is 5.17. The lowest BCUT2D eigenvalue weighted by molar-refractivity contribution is -0.208. The number of aliphatic carboxylic acids is 1. The van der Waals surface area contributed by atoms with Crippen molar-refractivity contribution in [2.75, 3.05) is 26.2 Å². The summed E-state index contributed by atoms with van der Waals surface area (Å²) in [5, 5.41) is 22.5. The molecule has 0 saturated carbocycles. The summed E-state index contributed by atoms with van der Waals surface area (Å²) in [5.41, 5.74) is -3.17. The fourth-order valence-corrected chi connectivity index (χ4v) is 2.40. The van der Waals surface area contributed by atoms with Gasteiger partial charge in [-0.05, 0) is 20.8 Å². The number of rotatable bonds is 2. The number of carboxylic acid groups (broad SMARTS) is 1. The molecule has 1 amide bonds. The first-order valence-electron chi connectivity index (χ1n) is 6.24. The Kier molecular flexibility index (Phi) is 3.02. The molecule has 2 fully saturated rings. The van der Waals surface area contributed by atoms with Crippen LogP contribution in [0.15, 0.2) is 0 Å². The van der Waals surface area contributed by atoms with Crippen molar-refractivity contribution in [1.29, 1.82) is 0 Å². The highest BCUT2D eigenvalue weighted by Gasteiger charge is 2.65. The van der Waals surface area contributed by atoms with Crippen LogP contribution in [0.4, 0.5) is 4.79 Å². The maximum atomic E-state index is 11.8. The summed E-state index contributed by atoms with van der Waals surface area (Å²) >= 11 is 0. The van der Waals surface area contributed by atoms with Crippen LogP contribution >= 0.6 is 0 Å². The molecule has 2 aliphatic rings. The van der Waals surface area contributed by atoms with E-state index in [-0.39, 0.29) is 26.2 Å². The standard InChI is InChI=1S/C12H20N2O5/c1-10(2,3)19-9(17)14-6-12(18,7-14)11(8(15)16)4-13-5-11/h13,18H,4-7H2,1-3H3,(H,15,16). The van der Waals surface area contributed by atoms with E-state index in [1.807, 2.05) is 0 Å². The highest BCUT2D eigenvalue weighted by molar-refractivity contribution is 5.80. The van der Waals surface area contributed by atoms with Gasteiger partial charge in [0.25, 0.3) is 0 Å². The van der Waals surface area contributed by atoms with E-state index in [1.54, 1.807) is 20.8 Å². The zero-order valence-corrected chi connectivity index (χ0v) is 11.4. The van der Waals surface area contributed by atoms with Crippen LogP contribution in [0.5, 0.6) is 0 Å². The van der Waals surface area contributed by atoms with Gasteiger partial charge in [-0.15, -0.1) is 0 Å². The number of ether oxygens (including phenoxy) is 1. The second-order valence-electron chi connectivity index (χ2n) is 6.36. The molecule has 0 unspecified atom stereocenters. The number of nitrogens with zero attached hydrogens (tertiary/aromatic N) is 1. The van der Waals surface area contributed by atoms with Gasteiger partial charge in [0, 0.05) is 13.1 Å². The van der Waals surface area contributed by atoms with E-state index in [9.17, 15) is 19.8 Å². The lowest BCUT2D eigenvalue weighted by Crippen LogP contribution is -2.80. The van der Waals surface area contributed by atoms with Crippen molar-refractivity contribution < 1.29 is 24.5 Å². The number of likely N-dealkylation sites (tertiary alicyclic amines) is 1. The van der Waals surface area contributed by atoms with Gasteiger partial charge in [-0.25, -0.2) is 4.79 Å². The second kappa shape index (κ2) is 4.08. The van der Waals surface area contributed by atoms with E-state index >= 15 is 0 Å². The molecule has 0 radical (unpaired) electrons. The van der Waals surface area contributed by atoms with Crippen LogP contribution in [0.1, 0.15) is 20.8 Å². The third-order valence-corrected chi connectivity index (χ3v) is 3.71. The Morgan fingerprint density at radius 3 is 2.11 bits per heavy atom. The molecule has 108 valence electrons. The van der Waals surface area contributed by atoms with Crippen LogP contribution in [0.3, 0.4) is 0 Å². The average molecular weight is 272 g/mol. The SMILES string of the molecule is CC(C)(C)OC(=O)N1CC(O)(C2(C(=O)O)CNC2)C1. The van der Waals surface area contributed by atoms with Crippen LogP contribution in [0.2, 0.25) is 0 Å². The predicted molar refractivity (Wildman–Crippen MR) is 65.7 cm³/mol. The molecule has 0 atom stereocenters. The van der Waals surface area contributed by atoms with Crippen molar-refractivity contribution in [2.24, 2.45) is 5.41 Å². The fraction of sp³-hybridized carbons (Fsp3) is 0.833. The Morgan fingerprint density at radius 1 is 1.26 bits per heavy atom. The molecule has 2 saturated heterocycles. The molecule has 2 aliphatic heterocycles. The third kappa shape index (κ3) is 2.17. The van der Waals surface area contributed by atoms with Crippen LogP contribution < -0.4 is 5.32 Å². The van der Waals surface area contributed by atoms with Crippen LogP contribution in [-0.4, -0.2) is 64.6 Å². The first-order chi connectivity index (χ1) is 8.60. The Labute approximate surface area is 111 Å². The maximum absolute atomic E-state index is 11.8. The molecule has 3 N–H and O–H groups in total. The number of amides is 1. The lowest BCUT2D eigenvalue weighted by Gasteiger charge is -2.58. The monoisotopic (exact) mass is 272 g/mol. The first kappa shape index (κ1) is 14.1. The average Bonchev–Trinajstić information content (AvgIpc) is 2.07. The van der Waals surface area contributed by atoms with Crippen molar-refractivity contribution in [3.8, 4) is 0 Å². The molecule has 0 aliphatic carbocycles. The minimum atomic E-state index is -1.37. The Bertz CT molecular complexity index is 405. The van der Waals surface area contributed by atoms with Crippen LogP contribution in [0.25, 0.3) is 0 Å². The van der Waals surface area contributed by atoms with Gasteiger partial charge in [-0.3, -0.25) is 4.79 Å². The fourth-order valence-electron chi connectivity index (χ4n) is 2.40. The zero-order valence-electron chi connectivity index (χ0n) is 11.4. The van der Waals surface area contributed by atoms with E-state index in [1.165, 1.54) is 4.90 Å². The molecular formula is C12H20N2O5. The number of hydrogen-bond donors (Lipinski definition) is 3. The first-order valence-corrected chi connectivity index (χ1v) is 6.24. The topological polar surface area (TPSA) is 99.1 Å². The van der Waals surface area contributed by atoms with Gasteiger partial charge in [0.1, 0.15) is 16.6 Å². The molecule has 0 spiro atoms. The predicted octanol–water partition coefficient (Wildman–Crippen LogP) is -0.358. The summed E-state index contributed by atoms with van der Waals surface area (Å²) in [6.45, 7) is 5.70. The summed E-state index contributed by atoms with van der Waals surface area (Å²) in [4.78, 5) is 24.4. The van der Waals surface area contributed by atoms with Crippen molar-refractivity contribution >= 4 is 12.1 Å². The highest BCUT2D eigenvalue weighted by Crippen LogP contribution is 2.42. The number of carbonyl (C=O) groups excluding carboxylic acids is 1. The maximum Gasteiger partial charge on any atom is 0.410 e. The van der Waals surface area contributed by atoms with Gasteiger partial charge >= 0.3 is 12.1 Å². The van der Waals surface area contributed by atoms with Crippen molar-refractivity contribution in [2.45, 2.75) is 32.0 Å². The summed E-state index contributed by atoms with van der Waals surface area (Å²) in [6, 6.07) is 0. The Balaban J connectivity index is 1.98. The normalized spacial score (nSPS) is 24.1. The van der Waals surface area contributed by atoms with E-state index in [0.29, 0.717) is 0 Å². The molecule has 7 heteroatoms. The number of nitrogens with one attached hydrogen (secondary N) is 1. The summed E-state index contributed by atoms with van der Waals surface area (Å²) in [5.74, 6) is -1.03. The minimum absolute atomic E-state index is 0.00407. The number of β-amino-alcohol motifs (C(OH)–C–C–N with tert-alkyl or cyclic N) is 1. The molecule has 0 bridgehead atoms. The lowest BCUT2D eigenvalue weighted by atomic mass is 9.63. The second-order valence-corrected chi connectivity index (χ2v) is 6.36. The number of aliphatic hydroxyl groups is 1. The van der Waals surface area contributed by atoms with E-state index in [4.69, 9.17) is 4.74 Å². The zero-order chi connectivity index (χ0) is 14.5. The van der Waals surface area contributed by atoms with Crippen LogP contribution in [0, 0.1) is 5.41 Å². The molecule has 0 aromatic carbocycles. The molecule has 2 heterocycles. The van der Waals surface area contributed by atoms with Gasteiger partial charge in [0.2, 0.25) is 0 Å². The molecular weight excluding hydrogens is 252 g/mol. The van der Waals surface area contributed by atoms with Crippen molar-refractivity contribution in [1.82, 2.24) is 10.2 Å².